The number of nitrogens with one attached hydrogen (secondary N) is 1. The van der Waals surface area contributed by atoms with Gasteiger partial charge in [0.05, 0.1) is 12.7 Å². The SMILES string of the molecule is CCCNC(COC(C)C)C1CCC1. The molecular formula is C12H25NO. The van der Waals surface area contributed by atoms with E-state index in [1.54, 1.807) is 0 Å². The zero-order valence-electron chi connectivity index (χ0n) is 9.88. The lowest BCUT2D eigenvalue weighted by atomic mass is 9.80. The minimum Gasteiger partial charge on any atom is -0.377 e. The fourth-order valence-corrected chi connectivity index (χ4v) is 1.83. The Labute approximate surface area is 88.4 Å². The molecule has 1 rings (SSSR count). The monoisotopic (exact) mass is 199 g/mol. The molecule has 0 saturated heterocycles. The third-order valence-corrected chi connectivity index (χ3v) is 2.98. The maximum absolute atomic E-state index is 5.70. The Bertz CT molecular complexity index is 143. The van der Waals surface area contributed by atoms with E-state index in [2.05, 4.69) is 26.1 Å². The van der Waals surface area contributed by atoms with Crippen LogP contribution in [-0.4, -0.2) is 25.3 Å². The van der Waals surface area contributed by atoms with Crippen molar-refractivity contribution in [1.82, 2.24) is 5.32 Å². The minimum atomic E-state index is 0.362. The Morgan fingerprint density at radius 2 is 2.07 bits per heavy atom. The molecule has 14 heavy (non-hydrogen) atoms. The van der Waals surface area contributed by atoms with E-state index in [4.69, 9.17) is 4.74 Å². The van der Waals surface area contributed by atoms with E-state index >= 15 is 0 Å². The van der Waals surface area contributed by atoms with Crippen molar-refractivity contribution in [2.45, 2.75) is 58.6 Å². The van der Waals surface area contributed by atoms with Crippen molar-refractivity contribution in [2.75, 3.05) is 13.2 Å². The zero-order chi connectivity index (χ0) is 10.4. The molecule has 1 fully saturated rings. The smallest absolute Gasteiger partial charge is 0.0625 e. The maximum atomic E-state index is 5.70. The van der Waals surface area contributed by atoms with Crippen LogP contribution in [0.5, 0.6) is 0 Å². The summed E-state index contributed by atoms with van der Waals surface area (Å²) in [6.07, 6.45) is 5.77. The van der Waals surface area contributed by atoms with Gasteiger partial charge in [-0.15, -0.1) is 0 Å². The fraction of sp³-hybridized carbons (Fsp3) is 1.00. The number of hydrogen-bond acceptors (Lipinski definition) is 2. The molecule has 0 amide bonds. The van der Waals surface area contributed by atoms with E-state index in [1.807, 2.05) is 0 Å². The van der Waals surface area contributed by atoms with Crippen LogP contribution < -0.4 is 5.32 Å². The molecular weight excluding hydrogens is 174 g/mol. The maximum Gasteiger partial charge on any atom is 0.0625 e. The van der Waals surface area contributed by atoms with Gasteiger partial charge in [-0.3, -0.25) is 0 Å². The summed E-state index contributed by atoms with van der Waals surface area (Å²) in [5.41, 5.74) is 0. The topological polar surface area (TPSA) is 21.3 Å². The molecule has 2 nitrogen and oxygen atoms in total. The first-order valence-corrected chi connectivity index (χ1v) is 6.09. The highest BCUT2D eigenvalue weighted by molar-refractivity contribution is 4.82. The first kappa shape index (κ1) is 12.0. The summed E-state index contributed by atoms with van der Waals surface area (Å²) in [4.78, 5) is 0. The first-order chi connectivity index (χ1) is 6.74. The van der Waals surface area contributed by atoms with Gasteiger partial charge < -0.3 is 10.1 Å². The van der Waals surface area contributed by atoms with Crippen molar-refractivity contribution in [2.24, 2.45) is 5.92 Å². The molecule has 2 heteroatoms. The molecule has 0 bridgehead atoms. The molecule has 1 unspecified atom stereocenters. The Morgan fingerprint density at radius 1 is 1.36 bits per heavy atom. The quantitative estimate of drug-likeness (QED) is 0.680. The summed E-state index contributed by atoms with van der Waals surface area (Å²) in [5.74, 6) is 0.875. The van der Waals surface area contributed by atoms with Gasteiger partial charge in [-0.05, 0) is 45.6 Å². The summed E-state index contributed by atoms with van der Waals surface area (Å²) < 4.78 is 5.70. The number of ether oxygens (including phenoxy) is 1. The minimum absolute atomic E-state index is 0.362. The summed E-state index contributed by atoms with van der Waals surface area (Å²) in [5, 5.41) is 3.60. The lowest BCUT2D eigenvalue weighted by Crippen LogP contribution is -2.43. The van der Waals surface area contributed by atoms with Crippen LogP contribution >= 0.6 is 0 Å². The molecule has 0 spiro atoms. The van der Waals surface area contributed by atoms with Crippen molar-refractivity contribution in [1.29, 1.82) is 0 Å². The van der Waals surface area contributed by atoms with E-state index in [-0.39, 0.29) is 0 Å². The first-order valence-electron chi connectivity index (χ1n) is 6.09. The largest absolute Gasteiger partial charge is 0.377 e. The van der Waals surface area contributed by atoms with Gasteiger partial charge in [0.1, 0.15) is 0 Å². The van der Waals surface area contributed by atoms with Crippen molar-refractivity contribution < 1.29 is 4.74 Å². The lowest BCUT2D eigenvalue weighted by Gasteiger charge is -2.34. The lowest BCUT2D eigenvalue weighted by molar-refractivity contribution is 0.0364. The van der Waals surface area contributed by atoms with Crippen LogP contribution in [0, 0.1) is 5.92 Å². The molecule has 0 aromatic heterocycles. The molecule has 0 radical (unpaired) electrons. The van der Waals surface area contributed by atoms with Crippen LogP contribution in [0.4, 0.5) is 0 Å². The third-order valence-electron chi connectivity index (χ3n) is 2.98. The second-order valence-electron chi connectivity index (χ2n) is 4.63. The van der Waals surface area contributed by atoms with Gasteiger partial charge in [0.2, 0.25) is 0 Å². The van der Waals surface area contributed by atoms with Crippen molar-refractivity contribution >= 4 is 0 Å². The highest BCUT2D eigenvalue weighted by Crippen LogP contribution is 2.29. The average molecular weight is 199 g/mol. The summed E-state index contributed by atoms with van der Waals surface area (Å²) in [7, 11) is 0. The fourth-order valence-electron chi connectivity index (χ4n) is 1.83. The van der Waals surface area contributed by atoms with Gasteiger partial charge in [0.25, 0.3) is 0 Å². The Morgan fingerprint density at radius 3 is 2.50 bits per heavy atom. The van der Waals surface area contributed by atoms with E-state index < -0.39 is 0 Å². The molecule has 1 N–H and O–H groups in total. The van der Waals surface area contributed by atoms with Gasteiger partial charge in [-0.2, -0.15) is 0 Å². The molecule has 1 atom stereocenters. The number of rotatable bonds is 7. The molecule has 0 heterocycles. The van der Waals surface area contributed by atoms with Gasteiger partial charge >= 0.3 is 0 Å². The summed E-state index contributed by atoms with van der Waals surface area (Å²) in [6.45, 7) is 8.45. The predicted octanol–water partition coefficient (Wildman–Crippen LogP) is 2.58. The molecule has 84 valence electrons. The van der Waals surface area contributed by atoms with E-state index in [0.717, 1.165) is 19.1 Å². The standard InChI is InChI=1S/C12H25NO/c1-4-8-13-12(9-14-10(2)3)11-6-5-7-11/h10-13H,4-9H2,1-3H3. The summed E-state index contributed by atoms with van der Waals surface area (Å²) in [6, 6.07) is 0.603. The summed E-state index contributed by atoms with van der Waals surface area (Å²) >= 11 is 0. The Kier molecular flexibility index (Phi) is 5.49. The van der Waals surface area contributed by atoms with E-state index in [1.165, 1.54) is 25.7 Å². The van der Waals surface area contributed by atoms with Crippen LogP contribution in [-0.2, 0) is 4.74 Å². The second-order valence-corrected chi connectivity index (χ2v) is 4.63. The molecule has 1 aliphatic rings. The third kappa shape index (κ3) is 3.97. The van der Waals surface area contributed by atoms with Gasteiger partial charge in [0, 0.05) is 6.04 Å². The van der Waals surface area contributed by atoms with Crippen LogP contribution in [0.25, 0.3) is 0 Å². The Balaban J connectivity index is 2.20. The molecule has 1 aliphatic carbocycles. The van der Waals surface area contributed by atoms with Gasteiger partial charge in [0.15, 0.2) is 0 Å². The second kappa shape index (κ2) is 6.41. The zero-order valence-corrected chi connectivity index (χ0v) is 9.88. The average Bonchev–Trinajstić information content (AvgIpc) is 2.06. The van der Waals surface area contributed by atoms with Crippen LogP contribution in [0.3, 0.4) is 0 Å². The molecule has 0 aromatic carbocycles. The van der Waals surface area contributed by atoms with Crippen LogP contribution in [0.2, 0.25) is 0 Å². The normalized spacial score (nSPS) is 19.7. The number of hydrogen-bond donors (Lipinski definition) is 1. The van der Waals surface area contributed by atoms with Crippen molar-refractivity contribution in [3.05, 3.63) is 0 Å². The van der Waals surface area contributed by atoms with E-state index in [0.29, 0.717) is 12.1 Å². The van der Waals surface area contributed by atoms with Crippen LogP contribution in [0.1, 0.15) is 46.5 Å². The van der Waals surface area contributed by atoms with Gasteiger partial charge in [-0.1, -0.05) is 13.3 Å². The Hall–Kier alpha value is -0.0800. The van der Waals surface area contributed by atoms with Crippen LogP contribution in [0.15, 0.2) is 0 Å². The molecule has 0 aliphatic heterocycles. The molecule has 1 saturated carbocycles. The molecule has 0 aromatic rings. The van der Waals surface area contributed by atoms with Gasteiger partial charge in [-0.25, -0.2) is 0 Å². The van der Waals surface area contributed by atoms with Crippen molar-refractivity contribution in [3.63, 3.8) is 0 Å². The highest BCUT2D eigenvalue weighted by Gasteiger charge is 2.26. The predicted molar refractivity (Wildman–Crippen MR) is 60.5 cm³/mol. The highest BCUT2D eigenvalue weighted by atomic mass is 16.5. The van der Waals surface area contributed by atoms with Crippen molar-refractivity contribution in [3.8, 4) is 0 Å². The van der Waals surface area contributed by atoms with E-state index in [9.17, 15) is 0 Å².